The van der Waals surface area contributed by atoms with Crippen LogP contribution in [-0.2, 0) is 14.3 Å². The van der Waals surface area contributed by atoms with Crippen molar-refractivity contribution < 1.29 is 14.3 Å². The van der Waals surface area contributed by atoms with E-state index in [0.29, 0.717) is 0 Å². The van der Waals surface area contributed by atoms with E-state index in [2.05, 4.69) is 12.2 Å². The van der Waals surface area contributed by atoms with Gasteiger partial charge in [0, 0.05) is 25.8 Å². The van der Waals surface area contributed by atoms with Crippen molar-refractivity contribution in [3.05, 3.63) is 35.4 Å². The van der Waals surface area contributed by atoms with Crippen molar-refractivity contribution in [2.24, 2.45) is 23.2 Å². The first-order valence-electron chi connectivity index (χ1n) is 11.6. The molecule has 0 heterocycles. The topological polar surface area (TPSA) is 82.4 Å². The molecule has 1 atom stereocenters. The first-order chi connectivity index (χ1) is 15.3. The summed E-state index contributed by atoms with van der Waals surface area (Å²) < 4.78 is 5.16. The molecule has 6 heteroatoms. The zero-order chi connectivity index (χ0) is 22.9. The summed E-state index contributed by atoms with van der Waals surface area (Å²) in [4.78, 5) is 26.9. The number of carbonyl (C=O) groups is 2. The quantitative estimate of drug-likeness (QED) is 0.399. The number of amides is 1. The molecule has 5 rings (SSSR count). The summed E-state index contributed by atoms with van der Waals surface area (Å²) in [5.74, 6) is 1.37. The molecule has 1 unspecified atom stereocenters. The van der Waals surface area contributed by atoms with Gasteiger partial charge in [0.2, 0.25) is 0 Å². The van der Waals surface area contributed by atoms with Crippen LogP contribution < -0.4 is 10.2 Å². The fraction of sp³-hybridized carbons (Fsp3) is 0.577. The van der Waals surface area contributed by atoms with E-state index in [1.165, 1.54) is 44.6 Å². The molecule has 4 aliphatic rings. The van der Waals surface area contributed by atoms with Crippen LogP contribution in [-0.4, -0.2) is 38.6 Å². The Morgan fingerprint density at radius 1 is 1.16 bits per heavy atom. The SMILES string of the molecule is CC(NC(=O)COC(=O)/C(C#N)=C/c1ccc(N(C)C)cc1)C12CC3CC(CC(C3)C1)C2. The Morgan fingerprint density at radius 3 is 2.22 bits per heavy atom. The van der Waals surface area contributed by atoms with E-state index in [4.69, 9.17) is 4.74 Å². The number of hydrogen-bond acceptors (Lipinski definition) is 5. The highest BCUT2D eigenvalue weighted by molar-refractivity contribution is 5.98. The largest absolute Gasteiger partial charge is 0.451 e. The van der Waals surface area contributed by atoms with Crippen molar-refractivity contribution >= 4 is 23.6 Å². The Morgan fingerprint density at radius 2 is 1.72 bits per heavy atom. The van der Waals surface area contributed by atoms with E-state index < -0.39 is 5.97 Å². The molecule has 1 N–H and O–H groups in total. The second kappa shape index (κ2) is 8.97. The standard InChI is InChI=1S/C26H33N3O3/c1-17(26-12-19-8-20(13-26)10-21(9-19)14-26)28-24(30)16-32-25(31)22(15-27)11-18-4-6-23(7-5-18)29(2)3/h4-7,11,17,19-21H,8-10,12-14,16H2,1-3H3,(H,28,30)/b22-11+. The number of hydrogen-bond donors (Lipinski definition) is 1. The summed E-state index contributed by atoms with van der Waals surface area (Å²) in [6.07, 6.45) is 9.17. The Balaban J connectivity index is 1.31. The number of nitrogens with zero attached hydrogens (tertiary/aromatic N) is 2. The van der Waals surface area contributed by atoms with Crippen LogP contribution >= 0.6 is 0 Å². The summed E-state index contributed by atoms with van der Waals surface area (Å²) in [5.41, 5.74) is 1.83. The van der Waals surface area contributed by atoms with E-state index in [1.807, 2.05) is 49.3 Å². The summed E-state index contributed by atoms with van der Waals surface area (Å²) >= 11 is 0. The highest BCUT2D eigenvalue weighted by Gasteiger charge is 2.53. The van der Waals surface area contributed by atoms with E-state index in [0.717, 1.165) is 29.0 Å². The Bertz CT molecular complexity index is 907. The number of anilines is 1. The van der Waals surface area contributed by atoms with Gasteiger partial charge in [-0.3, -0.25) is 4.79 Å². The second-order valence-electron chi connectivity index (χ2n) is 10.3. The summed E-state index contributed by atoms with van der Waals surface area (Å²) in [6.45, 7) is 1.74. The number of nitriles is 1. The minimum Gasteiger partial charge on any atom is -0.451 e. The average Bonchev–Trinajstić information content (AvgIpc) is 2.75. The molecule has 0 spiro atoms. The fourth-order valence-corrected chi connectivity index (χ4v) is 6.53. The van der Waals surface area contributed by atoms with Crippen LogP contribution in [0.5, 0.6) is 0 Å². The molecule has 1 amide bonds. The van der Waals surface area contributed by atoms with Gasteiger partial charge >= 0.3 is 5.97 Å². The van der Waals surface area contributed by atoms with Gasteiger partial charge in [-0.2, -0.15) is 5.26 Å². The molecule has 4 saturated carbocycles. The van der Waals surface area contributed by atoms with Gasteiger partial charge in [0.05, 0.1) is 0 Å². The lowest BCUT2D eigenvalue weighted by Crippen LogP contribution is -2.56. The van der Waals surface area contributed by atoms with Crippen molar-refractivity contribution in [1.82, 2.24) is 5.32 Å². The molecule has 0 aromatic heterocycles. The number of ether oxygens (including phenoxy) is 1. The van der Waals surface area contributed by atoms with Gasteiger partial charge in [-0.15, -0.1) is 0 Å². The van der Waals surface area contributed by atoms with Crippen molar-refractivity contribution in [2.45, 2.75) is 51.5 Å². The smallest absolute Gasteiger partial charge is 0.349 e. The summed E-state index contributed by atoms with van der Waals surface area (Å²) in [6, 6.07) is 9.44. The van der Waals surface area contributed by atoms with E-state index in [9.17, 15) is 14.9 Å². The maximum absolute atomic E-state index is 12.5. The van der Waals surface area contributed by atoms with Crippen LogP contribution in [0.1, 0.15) is 51.0 Å². The van der Waals surface area contributed by atoms with Gasteiger partial charge in [0.25, 0.3) is 5.91 Å². The van der Waals surface area contributed by atoms with Crippen LogP contribution in [0.2, 0.25) is 0 Å². The summed E-state index contributed by atoms with van der Waals surface area (Å²) in [5, 5.41) is 12.5. The van der Waals surface area contributed by atoms with Crippen LogP contribution in [0.4, 0.5) is 5.69 Å². The highest BCUT2D eigenvalue weighted by Crippen LogP contribution is 2.61. The maximum atomic E-state index is 12.5. The molecule has 0 radical (unpaired) electrons. The van der Waals surface area contributed by atoms with E-state index in [-0.39, 0.29) is 29.5 Å². The monoisotopic (exact) mass is 435 g/mol. The zero-order valence-corrected chi connectivity index (χ0v) is 19.3. The number of esters is 1. The molecule has 1 aromatic rings. The average molecular weight is 436 g/mol. The molecule has 0 aliphatic heterocycles. The Hall–Kier alpha value is -2.81. The van der Waals surface area contributed by atoms with Crippen LogP contribution in [0.25, 0.3) is 6.08 Å². The number of nitrogens with one attached hydrogen (secondary N) is 1. The number of benzene rings is 1. The van der Waals surface area contributed by atoms with E-state index in [1.54, 1.807) is 0 Å². The Kier molecular flexibility index (Phi) is 6.28. The van der Waals surface area contributed by atoms with Gasteiger partial charge in [-0.25, -0.2) is 4.79 Å². The molecule has 4 bridgehead atoms. The lowest BCUT2D eigenvalue weighted by molar-refractivity contribution is -0.145. The third kappa shape index (κ3) is 4.67. The Labute approximate surface area is 190 Å². The van der Waals surface area contributed by atoms with Gasteiger partial charge in [0.15, 0.2) is 6.61 Å². The lowest BCUT2D eigenvalue weighted by atomic mass is 9.48. The van der Waals surface area contributed by atoms with Crippen LogP contribution in [0, 0.1) is 34.5 Å². The molecule has 0 saturated heterocycles. The minimum absolute atomic E-state index is 0.0725. The first kappa shape index (κ1) is 22.4. The lowest BCUT2D eigenvalue weighted by Gasteiger charge is -2.59. The van der Waals surface area contributed by atoms with Gasteiger partial charge in [-0.05, 0) is 92.4 Å². The normalized spacial score (nSPS) is 29.2. The van der Waals surface area contributed by atoms with Crippen molar-refractivity contribution in [1.29, 1.82) is 5.26 Å². The first-order valence-corrected chi connectivity index (χ1v) is 11.6. The summed E-state index contributed by atoms with van der Waals surface area (Å²) in [7, 11) is 3.88. The minimum atomic E-state index is -0.776. The fourth-order valence-electron chi connectivity index (χ4n) is 6.53. The molecule has 6 nitrogen and oxygen atoms in total. The molecule has 4 aliphatic carbocycles. The van der Waals surface area contributed by atoms with Crippen molar-refractivity contribution in [2.75, 3.05) is 25.6 Å². The zero-order valence-electron chi connectivity index (χ0n) is 19.3. The second-order valence-corrected chi connectivity index (χ2v) is 10.3. The van der Waals surface area contributed by atoms with Crippen molar-refractivity contribution in [3.63, 3.8) is 0 Å². The predicted octanol–water partition coefficient (Wildman–Crippen LogP) is 3.92. The van der Waals surface area contributed by atoms with Crippen molar-refractivity contribution in [3.8, 4) is 6.07 Å². The number of carbonyl (C=O) groups excluding carboxylic acids is 2. The molecular weight excluding hydrogens is 402 g/mol. The van der Waals surface area contributed by atoms with Gasteiger partial charge in [-0.1, -0.05) is 12.1 Å². The number of rotatable bonds is 7. The van der Waals surface area contributed by atoms with Gasteiger partial charge in [0.1, 0.15) is 11.6 Å². The van der Waals surface area contributed by atoms with Crippen LogP contribution in [0.3, 0.4) is 0 Å². The van der Waals surface area contributed by atoms with E-state index >= 15 is 0 Å². The van der Waals surface area contributed by atoms with Gasteiger partial charge < -0.3 is 15.0 Å². The molecule has 1 aromatic carbocycles. The molecular formula is C26H33N3O3. The molecule has 170 valence electrons. The third-order valence-corrected chi connectivity index (χ3v) is 7.78. The predicted molar refractivity (Wildman–Crippen MR) is 124 cm³/mol. The molecule has 4 fully saturated rings. The maximum Gasteiger partial charge on any atom is 0.349 e. The molecule has 32 heavy (non-hydrogen) atoms. The van der Waals surface area contributed by atoms with Crippen LogP contribution in [0.15, 0.2) is 29.8 Å². The highest BCUT2D eigenvalue weighted by atomic mass is 16.5. The third-order valence-electron chi connectivity index (χ3n) is 7.78.